The molecule has 0 heterocycles. The maximum atomic E-state index is 6.07. The monoisotopic (exact) mass is 422 g/mol. The Morgan fingerprint density at radius 3 is 2.43 bits per heavy atom. The molecule has 0 saturated heterocycles. The summed E-state index contributed by atoms with van der Waals surface area (Å²) in [6, 6.07) is 20.8. The van der Waals surface area contributed by atoms with Crippen LogP contribution >= 0.6 is 43.5 Å². The van der Waals surface area contributed by atoms with E-state index in [0.717, 1.165) is 15.9 Å². The number of alkyl halides is 1. The third-order valence-electron chi connectivity index (χ3n) is 3.55. The second kappa shape index (κ2) is 6.51. The second-order valence-electron chi connectivity index (χ2n) is 4.98. The smallest absolute Gasteiger partial charge is 0.0441 e. The molecule has 21 heavy (non-hydrogen) atoms. The Labute approximate surface area is 146 Å². The molecule has 0 bridgehead atoms. The molecule has 3 aromatic carbocycles. The van der Waals surface area contributed by atoms with Crippen molar-refractivity contribution >= 4 is 54.2 Å². The van der Waals surface area contributed by atoms with Crippen molar-refractivity contribution in [3.8, 4) is 0 Å². The van der Waals surface area contributed by atoms with Crippen LogP contribution in [0, 0.1) is 0 Å². The highest BCUT2D eigenvalue weighted by Gasteiger charge is 2.13. The molecule has 3 rings (SSSR count). The third kappa shape index (κ3) is 3.33. The summed E-state index contributed by atoms with van der Waals surface area (Å²) >= 11 is 13.5. The van der Waals surface area contributed by atoms with E-state index >= 15 is 0 Å². The first-order chi connectivity index (χ1) is 10.1. The molecule has 0 spiro atoms. The summed E-state index contributed by atoms with van der Waals surface area (Å²) in [5.41, 5.74) is 2.53. The number of hydrogen-bond donors (Lipinski definition) is 0. The fourth-order valence-electron chi connectivity index (χ4n) is 2.54. The molecule has 0 amide bonds. The number of rotatable bonds is 3. The molecule has 0 aromatic heterocycles. The minimum absolute atomic E-state index is 0.258. The van der Waals surface area contributed by atoms with Crippen molar-refractivity contribution in [2.75, 3.05) is 0 Å². The van der Waals surface area contributed by atoms with Gasteiger partial charge in [0.2, 0.25) is 0 Å². The van der Waals surface area contributed by atoms with E-state index in [9.17, 15) is 0 Å². The van der Waals surface area contributed by atoms with Crippen LogP contribution in [0.5, 0.6) is 0 Å². The first-order valence-corrected chi connectivity index (χ1v) is 8.79. The predicted molar refractivity (Wildman–Crippen MR) is 98.5 cm³/mol. The van der Waals surface area contributed by atoms with Crippen molar-refractivity contribution in [2.45, 2.75) is 11.2 Å². The van der Waals surface area contributed by atoms with Crippen molar-refractivity contribution in [3.63, 3.8) is 0 Å². The summed E-state index contributed by atoms with van der Waals surface area (Å²) in [6.07, 6.45) is 0.909. The Morgan fingerprint density at radius 2 is 1.67 bits per heavy atom. The van der Waals surface area contributed by atoms with Gasteiger partial charge in [-0.3, -0.25) is 0 Å². The topological polar surface area (TPSA) is 0 Å². The van der Waals surface area contributed by atoms with Crippen LogP contribution in [0.1, 0.15) is 16.0 Å². The third-order valence-corrected chi connectivity index (χ3v) is 5.29. The molecule has 1 unspecified atom stereocenters. The quantitative estimate of drug-likeness (QED) is 0.400. The average Bonchev–Trinajstić information content (AvgIpc) is 2.48. The summed E-state index contributed by atoms with van der Waals surface area (Å²) in [4.78, 5) is 0.258. The van der Waals surface area contributed by atoms with Gasteiger partial charge in [0, 0.05) is 14.3 Å². The van der Waals surface area contributed by atoms with Gasteiger partial charge in [-0.1, -0.05) is 85.9 Å². The molecule has 106 valence electrons. The Bertz CT molecular complexity index is 783. The van der Waals surface area contributed by atoms with Crippen LogP contribution in [0.15, 0.2) is 65.1 Å². The van der Waals surface area contributed by atoms with Gasteiger partial charge in [-0.2, -0.15) is 0 Å². The minimum atomic E-state index is 0.258. The van der Waals surface area contributed by atoms with Crippen molar-refractivity contribution in [3.05, 3.63) is 81.3 Å². The van der Waals surface area contributed by atoms with Gasteiger partial charge in [0.1, 0.15) is 0 Å². The van der Waals surface area contributed by atoms with Crippen LogP contribution < -0.4 is 0 Å². The van der Waals surface area contributed by atoms with E-state index in [1.807, 2.05) is 18.2 Å². The van der Waals surface area contributed by atoms with Crippen LogP contribution in [0.4, 0.5) is 0 Å². The molecule has 0 aliphatic heterocycles. The Hall–Kier alpha value is -0.830. The highest BCUT2D eigenvalue weighted by molar-refractivity contribution is 9.10. The standard InChI is InChI=1S/C18H13Br2Cl/c19-17-9-8-16(14-6-1-2-7-15(14)17)18(20)11-12-4-3-5-13(21)10-12/h1-10,18H,11H2. The lowest BCUT2D eigenvalue weighted by Gasteiger charge is -2.14. The van der Waals surface area contributed by atoms with Crippen molar-refractivity contribution < 1.29 is 0 Å². The maximum absolute atomic E-state index is 6.07. The maximum Gasteiger partial charge on any atom is 0.0441 e. The van der Waals surface area contributed by atoms with Crippen molar-refractivity contribution in [1.82, 2.24) is 0 Å². The van der Waals surface area contributed by atoms with Gasteiger partial charge in [-0.25, -0.2) is 0 Å². The summed E-state index contributed by atoms with van der Waals surface area (Å²) < 4.78 is 1.13. The van der Waals surface area contributed by atoms with Gasteiger partial charge in [0.15, 0.2) is 0 Å². The van der Waals surface area contributed by atoms with E-state index in [0.29, 0.717) is 0 Å². The molecule has 0 aliphatic rings. The normalized spacial score (nSPS) is 12.5. The fourth-order valence-corrected chi connectivity index (χ4v) is 4.00. The molecule has 1 atom stereocenters. The van der Waals surface area contributed by atoms with Crippen LogP contribution in [0.2, 0.25) is 5.02 Å². The van der Waals surface area contributed by atoms with Crippen LogP contribution in [-0.4, -0.2) is 0 Å². The molecule has 3 heteroatoms. The van der Waals surface area contributed by atoms with Crippen LogP contribution in [0.3, 0.4) is 0 Å². The zero-order valence-corrected chi connectivity index (χ0v) is 15.1. The second-order valence-corrected chi connectivity index (χ2v) is 7.38. The van der Waals surface area contributed by atoms with E-state index < -0.39 is 0 Å². The van der Waals surface area contributed by atoms with Crippen LogP contribution in [-0.2, 0) is 6.42 Å². The van der Waals surface area contributed by atoms with Crippen molar-refractivity contribution in [1.29, 1.82) is 0 Å². The highest BCUT2D eigenvalue weighted by Crippen LogP contribution is 2.35. The largest absolute Gasteiger partial charge is 0.0843 e. The zero-order chi connectivity index (χ0) is 14.8. The number of halogens is 3. The summed E-state index contributed by atoms with van der Waals surface area (Å²) in [6.45, 7) is 0. The Kier molecular flexibility index (Phi) is 4.68. The van der Waals surface area contributed by atoms with Gasteiger partial charge in [0.05, 0.1) is 0 Å². The predicted octanol–water partition coefficient (Wildman–Crippen LogP) is 6.93. The molecule has 0 N–H and O–H groups in total. The number of fused-ring (bicyclic) bond motifs is 1. The van der Waals surface area contributed by atoms with Gasteiger partial charge >= 0.3 is 0 Å². The summed E-state index contributed by atoms with van der Waals surface area (Å²) in [5, 5.41) is 3.30. The Balaban J connectivity index is 1.98. The van der Waals surface area contributed by atoms with Crippen molar-refractivity contribution in [2.24, 2.45) is 0 Å². The molecule has 0 fully saturated rings. The first kappa shape index (κ1) is 15.1. The minimum Gasteiger partial charge on any atom is -0.0843 e. The van der Waals surface area contributed by atoms with E-state index in [1.54, 1.807) is 0 Å². The van der Waals surface area contributed by atoms with E-state index in [1.165, 1.54) is 21.9 Å². The summed E-state index contributed by atoms with van der Waals surface area (Å²) in [7, 11) is 0. The summed E-state index contributed by atoms with van der Waals surface area (Å²) in [5.74, 6) is 0. The zero-order valence-electron chi connectivity index (χ0n) is 11.2. The first-order valence-electron chi connectivity index (χ1n) is 6.71. The van der Waals surface area contributed by atoms with Gasteiger partial charge in [0.25, 0.3) is 0 Å². The van der Waals surface area contributed by atoms with Gasteiger partial charge in [-0.15, -0.1) is 0 Å². The molecular weight excluding hydrogens is 411 g/mol. The molecule has 0 saturated carbocycles. The van der Waals surface area contributed by atoms with E-state index in [4.69, 9.17) is 11.6 Å². The lowest BCUT2D eigenvalue weighted by Crippen LogP contribution is -1.97. The lowest BCUT2D eigenvalue weighted by molar-refractivity contribution is 0.957. The molecule has 3 aromatic rings. The number of hydrogen-bond acceptors (Lipinski definition) is 0. The van der Waals surface area contributed by atoms with Gasteiger partial charge in [-0.05, 0) is 46.5 Å². The van der Waals surface area contributed by atoms with E-state index in [2.05, 4.69) is 74.3 Å². The lowest BCUT2D eigenvalue weighted by atomic mass is 9.98. The molecule has 0 aliphatic carbocycles. The number of benzene rings is 3. The SMILES string of the molecule is Clc1cccc(CC(Br)c2ccc(Br)c3ccccc23)c1. The molecular formula is C18H13Br2Cl. The fraction of sp³-hybridized carbons (Fsp3) is 0.111. The van der Waals surface area contributed by atoms with Gasteiger partial charge < -0.3 is 0 Å². The molecule has 0 nitrogen and oxygen atoms in total. The Morgan fingerprint density at radius 1 is 0.905 bits per heavy atom. The van der Waals surface area contributed by atoms with Crippen LogP contribution in [0.25, 0.3) is 10.8 Å². The average molecular weight is 425 g/mol. The van der Waals surface area contributed by atoms with E-state index in [-0.39, 0.29) is 4.83 Å². The molecule has 0 radical (unpaired) electrons. The highest BCUT2D eigenvalue weighted by atomic mass is 79.9.